The van der Waals surface area contributed by atoms with Gasteiger partial charge in [0.15, 0.2) is 0 Å². The number of aliphatic hydroxyl groups excluding tert-OH is 2. The number of carbonyl (C=O) groups is 2. The van der Waals surface area contributed by atoms with Crippen LogP contribution in [0, 0.1) is 0 Å². The minimum Gasteiger partial charge on any atom is -0.388 e. The first-order valence-corrected chi connectivity index (χ1v) is 19.8. The molecule has 6 heterocycles. The maximum Gasteiger partial charge on any atom is 0.254 e. The Morgan fingerprint density at radius 3 is 1.51 bits per heavy atom. The summed E-state index contributed by atoms with van der Waals surface area (Å²) in [7, 11) is 0. The number of para-hydroxylation sites is 2. The van der Waals surface area contributed by atoms with Crippen LogP contribution >= 0.6 is 0 Å². The minimum absolute atomic E-state index is 0.230. The second-order valence-electron chi connectivity index (χ2n) is 15.2. The van der Waals surface area contributed by atoms with Gasteiger partial charge in [-0.1, -0.05) is 46.8 Å². The first-order chi connectivity index (χ1) is 28.9. The summed E-state index contributed by atoms with van der Waals surface area (Å²) in [6, 6.07) is 28.6. The third-order valence-electron chi connectivity index (χ3n) is 11.7. The summed E-state index contributed by atoms with van der Waals surface area (Å²) in [6.45, 7) is 0.897. The number of aromatic amines is 2. The molecule has 2 aliphatic heterocycles. The van der Waals surface area contributed by atoms with Crippen molar-refractivity contribution >= 4 is 33.6 Å². The predicted octanol–water partition coefficient (Wildman–Crippen LogP) is 4.96. The highest BCUT2D eigenvalue weighted by molar-refractivity contribution is 5.96. The van der Waals surface area contributed by atoms with Gasteiger partial charge in [-0.2, -0.15) is 10.2 Å². The predicted molar refractivity (Wildman–Crippen MR) is 218 cm³/mol. The summed E-state index contributed by atoms with van der Waals surface area (Å²) in [5, 5.41) is 57.5. The van der Waals surface area contributed by atoms with E-state index in [4.69, 9.17) is 0 Å². The highest BCUT2D eigenvalue weighted by Gasteiger charge is 2.43. The number of rotatable bonds is 9. The molecule has 4 aromatic carbocycles. The highest BCUT2D eigenvalue weighted by Crippen LogP contribution is 2.31. The second-order valence-corrected chi connectivity index (χ2v) is 15.2. The van der Waals surface area contributed by atoms with Crippen molar-refractivity contribution in [1.82, 2.24) is 60.2 Å². The molecule has 296 valence electrons. The summed E-state index contributed by atoms with van der Waals surface area (Å²) in [4.78, 5) is 31.2. The van der Waals surface area contributed by atoms with E-state index in [0.717, 1.165) is 46.0 Å². The molecule has 4 aromatic heterocycles. The van der Waals surface area contributed by atoms with Crippen LogP contribution in [-0.2, 0) is 0 Å². The molecular formula is C43H40N12O4. The summed E-state index contributed by atoms with van der Waals surface area (Å²) < 4.78 is 3.27. The second kappa shape index (κ2) is 15.0. The summed E-state index contributed by atoms with van der Waals surface area (Å²) in [5.41, 5.74) is 6.80. The van der Waals surface area contributed by atoms with E-state index in [9.17, 15) is 19.8 Å². The molecule has 0 spiro atoms. The molecule has 0 aliphatic carbocycles. The molecule has 4 atom stereocenters. The fourth-order valence-electron chi connectivity index (χ4n) is 8.58. The number of amides is 2. The number of hydrogen-bond acceptors (Lipinski definition) is 10. The van der Waals surface area contributed by atoms with E-state index >= 15 is 0 Å². The summed E-state index contributed by atoms with van der Waals surface area (Å²) >= 11 is 0. The number of hydrogen-bond donors (Lipinski definition) is 4. The summed E-state index contributed by atoms with van der Waals surface area (Å²) in [6.07, 6.45) is 4.44. The number of likely N-dealkylation sites (tertiary alicyclic amines) is 2. The van der Waals surface area contributed by atoms with E-state index in [2.05, 4.69) is 41.0 Å². The third-order valence-corrected chi connectivity index (χ3v) is 11.7. The fourth-order valence-corrected chi connectivity index (χ4v) is 8.58. The Morgan fingerprint density at radius 2 is 1.02 bits per heavy atom. The first-order valence-electron chi connectivity index (χ1n) is 19.8. The topological polar surface area (TPSA) is 200 Å². The van der Waals surface area contributed by atoms with Crippen LogP contribution in [0.15, 0.2) is 109 Å². The average Bonchev–Trinajstić information content (AvgIpc) is 4.15. The lowest BCUT2D eigenvalue weighted by molar-refractivity contribution is -0.0666. The van der Waals surface area contributed by atoms with Crippen LogP contribution in [0.1, 0.15) is 52.8 Å². The van der Waals surface area contributed by atoms with E-state index in [1.165, 1.54) is 0 Å². The van der Waals surface area contributed by atoms with Crippen LogP contribution in [0.25, 0.3) is 56.0 Å². The lowest BCUT2D eigenvalue weighted by atomic mass is 9.90. The minimum atomic E-state index is -1.25. The molecule has 10 rings (SSSR count). The van der Waals surface area contributed by atoms with Crippen LogP contribution in [0.3, 0.4) is 0 Å². The zero-order chi connectivity index (χ0) is 40.0. The molecule has 0 saturated carbocycles. The zero-order valence-corrected chi connectivity index (χ0v) is 31.8. The van der Waals surface area contributed by atoms with Gasteiger partial charge < -0.3 is 20.0 Å². The normalized spacial score (nSPS) is 18.1. The number of aliphatic hydroxyl groups is 2. The van der Waals surface area contributed by atoms with Gasteiger partial charge in [0.2, 0.25) is 0 Å². The van der Waals surface area contributed by atoms with Gasteiger partial charge in [0.1, 0.15) is 35.0 Å². The van der Waals surface area contributed by atoms with Gasteiger partial charge in [0.05, 0.1) is 46.9 Å². The maximum absolute atomic E-state index is 14.0. The van der Waals surface area contributed by atoms with Crippen molar-refractivity contribution in [2.75, 3.05) is 13.1 Å². The standard InChI is InChI=1S/C43H40N12O4/c56-40(36-12-5-6-22-52(36)42(58)26-14-18-28(19-15-26)54-24-34(46-50-54)38-30-8-1-3-10-32(30)44-48-38)41(57)37-13-7-23-53(37)43(59)27-16-20-29(21-17-27)55-25-35(47-51-55)39-31-9-2-4-11-33(31)45-49-39/h1-4,8-11,14-21,24-25,36-37,40-41,56-57H,5-7,12-13,22-23H2,(H,44,48)(H,45,49)/t36?,37-,40?,41?/m0/s1. The first kappa shape index (κ1) is 36.3. The Morgan fingerprint density at radius 1 is 0.576 bits per heavy atom. The average molecular weight is 789 g/mol. The lowest BCUT2D eigenvalue weighted by Gasteiger charge is -2.42. The van der Waals surface area contributed by atoms with Gasteiger partial charge in [0, 0.05) is 35.0 Å². The molecule has 4 N–H and O–H groups in total. The van der Waals surface area contributed by atoms with Gasteiger partial charge in [-0.05, 0) is 92.8 Å². The van der Waals surface area contributed by atoms with Gasteiger partial charge in [-0.15, -0.1) is 10.2 Å². The molecule has 2 saturated heterocycles. The molecule has 2 amide bonds. The largest absolute Gasteiger partial charge is 0.388 e. The molecule has 8 aromatic rings. The number of nitrogens with one attached hydrogen (secondary N) is 2. The Kier molecular flexibility index (Phi) is 9.26. The summed E-state index contributed by atoms with van der Waals surface area (Å²) in [5.74, 6) is -0.465. The van der Waals surface area contributed by atoms with E-state index in [0.29, 0.717) is 66.3 Å². The van der Waals surface area contributed by atoms with Crippen molar-refractivity contribution in [1.29, 1.82) is 0 Å². The number of H-pyrrole nitrogens is 2. The van der Waals surface area contributed by atoms with Crippen molar-refractivity contribution in [3.8, 4) is 34.2 Å². The SMILES string of the molecule is O=C(c1ccc(-n2cc(-c3n[nH]c4ccccc34)nn2)cc1)N1CCCCC1C(O)C(O)[C@@H]1CCCN1C(=O)c1ccc(-n2cc(-c3n[nH]c4ccccc34)nn2)cc1. The zero-order valence-electron chi connectivity index (χ0n) is 31.8. The quantitative estimate of drug-likeness (QED) is 0.155. The van der Waals surface area contributed by atoms with Gasteiger partial charge >= 0.3 is 0 Å². The Hall–Kier alpha value is -7.04. The van der Waals surface area contributed by atoms with Crippen molar-refractivity contribution in [3.63, 3.8) is 0 Å². The molecule has 59 heavy (non-hydrogen) atoms. The number of benzene rings is 4. The van der Waals surface area contributed by atoms with Gasteiger partial charge in [-0.3, -0.25) is 19.8 Å². The van der Waals surface area contributed by atoms with Crippen LogP contribution in [0.5, 0.6) is 0 Å². The van der Waals surface area contributed by atoms with Crippen molar-refractivity contribution < 1.29 is 19.8 Å². The van der Waals surface area contributed by atoms with Crippen LogP contribution in [0.4, 0.5) is 0 Å². The number of piperidine rings is 1. The van der Waals surface area contributed by atoms with Gasteiger partial charge in [0.25, 0.3) is 11.8 Å². The molecule has 3 unspecified atom stereocenters. The molecule has 16 heteroatoms. The van der Waals surface area contributed by atoms with Crippen molar-refractivity contribution in [2.24, 2.45) is 0 Å². The van der Waals surface area contributed by atoms with Crippen LogP contribution < -0.4 is 0 Å². The smallest absolute Gasteiger partial charge is 0.254 e. The van der Waals surface area contributed by atoms with E-state index in [1.807, 2.05) is 48.5 Å². The lowest BCUT2D eigenvalue weighted by Crippen LogP contribution is -2.57. The maximum atomic E-state index is 14.0. The van der Waals surface area contributed by atoms with E-state index < -0.39 is 24.3 Å². The monoisotopic (exact) mass is 788 g/mol. The third kappa shape index (κ3) is 6.61. The number of aromatic nitrogens is 10. The van der Waals surface area contributed by atoms with Crippen molar-refractivity contribution in [2.45, 2.75) is 56.4 Å². The van der Waals surface area contributed by atoms with Crippen LogP contribution in [-0.4, -0.2) is 120 Å². The highest BCUT2D eigenvalue weighted by atomic mass is 16.3. The number of nitrogens with zero attached hydrogens (tertiary/aromatic N) is 10. The van der Waals surface area contributed by atoms with Crippen LogP contribution in [0.2, 0.25) is 0 Å². The number of carbonyl (C=O) groups excluding carboxylic acids is 2. The fraction of sp³-hybridized carbons (Fsp3) is 0.256. The van der Waals surface area contributed by atoms with Gasteiger partial charge in [-0.25, -0.2) is 9.36 Å². The molecule has 0 bridgehead atoms. The number of fused-ring (bicyclic) bond motifs is 2. The molecular weight excluding hydrogens is 749 g/mol. The molecule has 16 nitrogen and oxygen atoms in total. The molecule has 2 aliphatic rings. The Bertz CT molecular complexity index is 2790. The molecule has 2 fully saturated rings. The van der Waals surface area contributed by atoms with E-state index in [-0.39, 0.29) is 11.8 Å². The van der Waals surface area contributed by atoms with E-state index in [1.54, 1.807) is 80.1 Å². The van der Waals surface area contributed by atoms with Crippen molar-refractivity contribution in [3.05, 3.63) is 121 Å². The Balaban J connectivity index is 0.805. The Labute approximate surface area is 337 Å². The molecule has 0 radical (unpaired) electrons.